The van der Waals surface area contributed by atoms with E-state index in [9.17, 15) is 9.90 Å². The van der Waals surface area contributed by atoms with Crippen LogP contribution >= 0.6 is 15.9 Å². The average Bonchev–Trinajstić information content (AvgIpc) is 3.17. The Morgan fingerprint density at radius 1 is 1.15 bits per heavy atom. The van der Waals surface area contributed by atoms with Crippen molar-refractivity contribution in [2.45, 2.75) is 0 Å². The maximum absolute atomic E-state index is 11.5. The van der Waals surface area contributed by atoms with Crippen molar-refractivity contribution in [2.24, 2.45) is 0 Å². The fourth-order valence-corrected chi connectivity index (χ4v) is 3.03. The van der Waals surface area contributed by atoms with Gasteiger partial charge in [-0.05, 0) is 30.3 Å². The minimum atomic E-state index is -1.02. The number of benzene rings is 2. The van der Waals surface area contributed by atoms with Crippen LogP contribution in [0.25, 0.3) is 22.3 Å². The molecule has 0 radical (unpaired) electrons. The second-order valence-electron chi connectivity index (χ2n) is 5.44. The lowest BCUT2D eigenvalue weighted by Gasteiger charge is -2.15. The standard InChI is InChI=1S/C18H11BrN4O3/c19-10-5-6-14-12(7-10)16(13(8-20-14)17-21-9-26-23-17)22-15-4-2-1-3-11(15)18(24)25/h1-9H,(H,20,22)(H,24,25). The Hall–Kier alpha value is -3.26. The Bertz CT molecular complexity index is 1110. The molecule has 0 aliphatic heterocycles. The van der Waals surface area contributed by atoms with Crippen LogP contribution in [0.4, 0.5) is 11.4 Å². The fourth-order valence-electron chi connectivity index (χ4n) is 2.67. The number of rotatable bonds is 4. The first-order chi connectivity index (χ1) is 12.6. The molecule has 2 aromatic carbocycles. The van der Waals surface area contributed by atoms with Gasteiger partial charge in [0.25, 0.3) is 0 Å². The smallest absolute Gasteiger partial charge is 0.337 e. The zero-order valence-electron chi connectivity index (χ0n) is 13.2. The van der Waals surface area contributed by atoms with Crippen LogP contribution in [0.1, 0.15) is 10.4 Å². The molecule has 128 valence electrons. The van der Waals surface area contributed by atoms with Crippen LogP contribution in [-0.2, 0) is 0 Å². The van der Waals surface area contributed by atoms with Crippen LogP contribution in [-0.4, -0.2) is 26.2 Å². The largest absolute Gasteiger partial charge is 0.478 e. The summed E-state index contributed by atoms with van der Waals surface area (Å²) in [5, 5.41) is 17.3. The summed E-state index contributed by atoms with van der Waals surface area (Å²) in [5.74, 6) is -0.663. The monoisotopic (exact) mass is 410 g/mol. The van der Waals surface area contributed by atoms with Gasteiger partial charge in [0.1, 0.15) is 0 Å². The minimum absolute atomic E-state index is 0.159. The quantitative estimate of drug-likeness (QED) is 0.510. The molecule has 2 heterocycles. The van der Waals surface area contributed by atoms with E-state index in [0.29, 0.717) is 22.8 Å². The molecule has 0 saturated heterocycles. The zero-order chi connectivity index (χ0) is 18.1. The lowest BCUT2D eigenvalue weighted by atomic mass is 10.1. The molecular weight excluding hydrogens is 400 g/mol. The number of carboxylic acids is 1. The molecule has 0 spiro atoms. The van der Waals surface area contributed by atoms with Gasteiger partial charge >= 0.3 is 5.97 Å². The van der Waals surface area contributed by atoms with E-state index in [1.165, 1.54) is 12.5 Å². The van der Waals surface area contributed by atoms with Crippen LogP contribution in [0.5, 0.6) is 0 Å². The minimum Gasteiger partial charge on any atom is -0.478 e. The molecule has 0 unspecified atom stereocenters. The molecule has 0 aliphatic carbocycles. The first-order valence-corrected chi connectivity index (χ1v) is 8.37. The van der Waals surface area contributed by atoms with E-state index in [2.05, 4.69) is 36.4 Å². The number of para-hydroxylation sites is 1. The van der Waals surface area contributed by atoms with E-state index in [4.69, 9.17) is 4.52 Å². The summed E-state index contributed by atoms with van der Waals surface area (Å²) in [6.45, 7) is 0. The third-order valence-electron chi connectivity index (χ3n) is 3.85. The molecule has 0 saturated carbocycles. The Labute approximate surface area is 155 Å². The van der Waals surface area contributed by atoms with Crippen LogP contribution < -0.4 is 5.32 Å². The summed E-state index contributed by atoms with van der Waals surface area (Å²) >= 11 is 3.46. The van der Waals surface area contributed by atoms with Crippen molar-refractivity contribution in [1.82, 2.24) is 15.1 Å². The Balaban J connectivity index is 1.96. The lowest BCUT2D eigenvalue weighted by molar-refractivity contribution is 0.0698. The number of carboxylic acid groups (broad SMARTS) is 1. The van der Waals surface area contributed by atoms with Gasteiger partial charge in [0.15, 0.2) is 0 Å². The highest BCUT2D eigenvalue weighted by atomic mass is 79.9. The number of aromatic nitrogens is 3. The van der Waals surface area contributed by atoms with Crippen molar-refractivity contribution in [2.75, 3.05) is 5.32 Å². The molecule has 0 atom stereocenters. The molecule has 4 aromatic rings. The number of hydrogen-bond donors (Lipinski definition) is 2. The van der Waals surface area contributed by atoms with Crippen LogP contribution in [0, 0.1) is 0 Å². The summed E-state index contributed by atoms with van der Waals surface area (Å²) < 4.78 is 5.72. The summed E-state index contributed by atoms with van der Waals surface area (Å²) in [6, 6.07) is 12.3. The topological polar surface area (TPSA) is 101 Å². The van der Waals surface area contributed by atoms with Gasteiger partial charge in [-0.25, -0.2) is 4.79 Å². The first kappa shape index (κ1) is 16.2. The number of aromatic carboxylic acids is 1. The van der Waals surface area contributed by atoms with Gasteiger partial charge in [0.2, 0.25) is 12.2 Å². The van der Waals surface area contributed by atoms with E-state index < -0.39 is 5.97 Å². The van der Waals surface area contributed by atoms with Crippen molar-refractivity contribution >= 4 is 44.2 Å². The molecular formula is C18H11BrN4O3. The third kappa shape index (κ3) is 2.91. The van der Waals surface area contributed by atoms with E-state index in [1.54, 1.807) is 24.4 Å². The Morgan fingerprint density at radius 3 is 2.77 bits per heavy atom. The van der Waals surface area contributed by atoms with E-state index >= 15 is 0 Å². The number of carbonyl (C=O) groups is 1. The van der Waals surface area contributed by atoms with Gasteiger partial charge in [-0.1, -0.05) is 33.2 Å². The Morgan fingerprint density at radius 2 is 2.00 bits per heavy atom. The molecule has 0 amide bonds. The van der Waals surface area contributed by atoms with Crippen molar-refractivity contribution in [3.8, 4) is 11.4 Å². The zero-order valence-corrected chi connectivity index (χ0v) is 14.8. The van der Waals surface area contributed by atoms with Gasteiger partial charge in [-0.2, -0.15) is 4.98 Å². The van der Waals surface area contributed by atoms with Gasteiger partial charge in [0, 0.05) is 16.1 Å². The first-order valence-electron chi connectivity index (χ1n) is 7.58. The third-order valence-corrected chi connectivity index (χ3v) is 4.34. The molecule has 8 heteroatoms. The average molecular weight is 411 g/mol. The molecule has 0 fully saturated rings. The maximum atomic E-state index is 11.5. The SMILES string of the molecule is O=C(O)c1ccccc1Nc1c(-c2ncon2)cnc2ccc(Br)cc12. The molecule has 26 heavy (non-hydrogen) atoms. The van der Waals surface area contributed by atoms with Crippen LogP contribution in [0.2, 0.25) is 0 Å². The number of nitrogens with one attached hydrogen (secondary N) is 1. The van der Waals surface area contributed by atoms with Crippen molar-refractivity contribution < 1.29 is 14.4 Å². The summed E-state index contributed by atoms with van der Waals surface area (Å²) in [6.07, 6.45) is 2.86. The van der Waals surface area contributed by atoms with Crippen molar-refractivity contribution in [3.05, 3.63) is 65.1 Å². The Kier molecular flexibility index (Phi) is 4.10. The molecule has 0 aliphatic rings. The second-order valence-corrected chi connectivity index (χ2v) is 6.35. The summed E-state index contributed by atoms with van der Waals surface area (Å²) in [4.78, 5) is 20.1. The van der Waals surface area contributed by atoms with Crippen LogP contribution in [0.3, 0.4) is 0 Å². The van der Waals surface area contributed by atoms with Crippen molar-refractivity contribution in [1.29, 1.82) is 0 Å². The predicted molar refractivity (Wildman–Crippen MR) is 99.4 cm³/mol. The highest BCUT2D eigenvalue weighted by Crippen LogP contribution is 2.36. The van der Waals surface area contributed by atoms with Gasteiger partial charge in [-0.15, -0.1) is 0 Å². The van der Waals surface area contributed by atoms with E-state index in [1.807, 2.05) is 18.2 Å². The fraction of sp³-hybridized carbons (Fsp3) is 0. The molecule has 2 N–H and O–H groups in total. The molecule has 7 nitrogen and oxygen atoms in total. The van der Waals surface area contributed by atoms with Gasteiger partial charge < -0.3 is 14.9 Å². The van der Waals surface area contributed by atoms with E-state index in [-0.39, 0.29) is 5.56 Å². The normalized spacial score (nSPS) is 10.8. The molecule has 2 aromatic heterocycles. The number of anilines is 2. The number of pyridine rings is 1. The van der Waals surface area contributed by atoms with Gasteiger partial charge in [0.05, 0.1) is 28.0 Å². The number of nitrogens with zero attached hydrogens (tertiary/aromatic N) is 3. The molecule has 4 rings (SSSR count). The summed E-state index contributed by atoms with van der Waals surface area (Å²) in [5.41, 5.74) is 2.61. The number of hydrogen-bond acceptors (Lipinski definition) is 6. The highest BCUT2D eigenvalue weighted by Gasteiger charge is 2.17. The van der Waals surface area contributed by atoms with E-state index in [0.717, 1.165) is 15.4 Å². The van der Waals surface area contributed by atoms with Crippen LogP contribution in [0.15, 0.2) is 64.1 Å². The number of halogens is 1. The van der Waals surface area contributed by atoms with Crippen molar-refractivity contribution in [3.63, 3.8) is 0 Å². The highest BCUT2D eigenvalue weighted by molar-refractivity contribution is 9.10. The summed E-state index contributed by atoms with van der Waals surface area (Å²) in [7, 11) is 0. The lowest BCUT2D eigenvalue weighted by Crippen LogP contribution is -2.04. The van der Waals surface area contributed by atoms with Gasteiger partial charge in [-0.3, -0.25) is 4.98 Å². The number of fused-ring (bicyclic) bond motifs is 1. The molecule has 0 bridgehead atoms. The predicted octanol–water partition coefficient (Wildman–Crippen LogP) is 4.49. The second kappa shape index (κ2) is 6.57. The maximum Gasteiger partial charge on any atom is 0.337 e.